The smallest absolute Gasteiger partial charge is 0.244 e. The molecule has 0 spiro atoms. The van der Waals surface area contributed by atoms with Crippen molar-refractivity contribution in [2.45, 2.75) is 59.2 Å². The van der Waals surface area contributed by atoms with E-state index in [4.69, 9.17) is 9.47 Å². The van der Waals surface area contributed by atoms with Crippen LogP contribution in [0.5, 0.6) is 11.5 Å². The average Bonchev–Trinajstić information content (AvgIpc) is 3.47. The summed E-state index contributed by atoms with van der Waals surface area (Å²) in [6.45, 7) is 7.08. The Hall–Kier alpha value is -4.05. The number of aryl methyl sites for hydroxylation is 1. The fraction of sp³-hybridized carbons (Fsp3) is 0.375. The number of carbonyl (C=O) groups is 2. The van der Waals surface area contributed by atoms with E-state index in [2.05, 4.69) is 5.32 Å². The van der Waals surface area contributed by atoms with Crippen LogP contribution in [0.4, 0.5) is 5.69 Å². The van der Waals surface area contributed by atoms with E-state index >= 15 is 0 Å². The summed E-state index contributed by atoms with van der Waals surface area (Å²) in [6, 6.07) is 21.0. The van der Waals surface area contributed by atoms with Crippen molar-refractivity contribution >= 4 is 27.5 Å². The molecule has 1 aliphatic rings. The highest BCUT2D eigenvalue weighted by atomic mass is 32.2. The Morgan fingerprint density at radius 2 is 1.62 bits per heavy atom. The van der Waals surface area contributed by atoms with E-state index in [0.29, 0.717) is 11.5 Å². The highest BCUT2D eigenvalue weighted by molar-refractivity contribution is 7.92. The molecule has 0 unspecified atom stereocenters. The third-order valence-corrected chi connectivity index (χ3v) is 9.11. The van der Waals surface area contributed by atoms with Crippen LogP contribution >= 0.6 is 0 Å². The first-order valence-electron chi connectivity index (χ1n) is 14.2. The van der Waals surface area contributed by atoms with Crippen molar-refractivity contribution in [1.29, 1.82) is 0 Å². The molecule has 1 heterocycles. The van der Waals surface area contributed by atoms with Crippen LogP contribution in [0.1, 0.15) is 43.9 Å². The van der Waals surface area contributed by atoms with Crippen molar-refractivity contribution in [3.8, 4) is 11.5 Å². The number of ether oxygens (including phenoxy) is 2. The van der Waals surface area contributed by atoms with E-state index in [0.717, 1.165) is 27.4 Å². The molecule has 4 rings (SSSR count). The molecule has 0 aliphatic carbocycles. The molecule has 3 aromatic rings. The predicted octanol–water partition coefficient (Wildman–Crippen LogP) is 4.43. The molecule has 0 aromatic heterocycles. The first-order valence-corrected chi connectivity index (χ1v) is 15.8. The van der Waals surface area contributed by atoms with E-state index in [-0.39, 0.29) is 43.1 Å². The van der Waals surface area contributed by atoms with Crippen molar-refractivity contribution < 1.29 is 27.5 Å². The summed E-state index contributed by atoms with van der Waals surface area (Å²) in [7, 11) is -3.88. The van der Waals surface area contributed by atoms with Gasteiger partial charge in [0, 0.05) is 25.1 Å². The van der Waals surface area contributed by atoms with Gasteiger partial charge in [0.25, 0.3) is 0 Å². The van der Waals surface area contributed by atoms with Crippen LogP contribution in [0.3, 0.4) is 0 Å². The first-order chi connectivity index (χ1) is 20.1. The zero-order chi connectivity index (χ0) is 30.3. The first kappa shape index (κ1) is 30.9. The summed E-state index contributed by atoms with van der Waals surface area (Å²) in [6.07, 6.45) is 0.994. The zero-order valence-corrected chi connectivity index (χ0v) is 25.4. The van der Waals surface area contributed by atoms with Crippen LogP contribution in [0.2, 0.25) is 0 Å². The van der Waals surface area contributed by atoms with E-state index in [1.165, 1.54) is 11.8 Å². The van der Waals surface area contributed by atoms with Gasteiger partial charge >= 0.3 is 0 Å². The minimum atomic E-state index is -3.88. The van der Waals surface area contributed by atoms with Crippen LogP contribution in [-0.2, 0) is 32.6 Å². The average molecular weight is 594 g/mol. The quantitative estimate of drug-likeness (QED) is 0.314. The summed E-state index contributed by atoms with van der Waals surface area (Å²) in [5.74, 6) is -0.0893. The molecule has 1 N–H and O–H groups in total. The second-order valence-corrected chi connectivity index (χ2v) is 12.7. The van der Waals surface area contributed by atoms with E-state index in [1.807, 2.05) is 75.4 Å². The largest absolute Gasteiger partial charge is 0.454 e. The Morgan fingerprint density at radius 1 is 0.929 bits per heavy atom. The van der Waals surface area contributed by atoms with Gasteiger partial charge in [0.15, 0.2) is 11.5 Å². The number of nitrogens with zero attached hydrogens (tertiary/aromatic N) is 2. The number of carbonyl (C=O) groups excluding carboxylic acids is 2. The van der Waals surface area contributed by atoms with Gasteiger partial charge in [0.1, 0.15) is 12.6 Å². The number of fused-ring (bicyclic) bond motifs is 1. The molecule has 10 heteroatoms. The van der Waals surface area contributed by atoms with Gasteiger partial charge in [-0.05, 0) is 50.5 Å². The number of benzene rings is 3. The fourth-order valence-electron chi connectivity index (χ4n) is 4.65. The Labute approximate surface area is 248 Å². The number of anilines is 1. The maximum Gasteiger partial charge on any atom is 0.244 e. The number of sulfonamides is 1. The third kappa shape index (κ3) is 7.61. The number of nitrogens with one attached hydrogen (secondary N) is 1. The summed E-state index contributed by atoms with van der Waals surface area (Å²) >= 11 is 0. The normalized spacial score (nSPS) is 13.7. The van der Waals surface area contributed by atoms with Crippen LogP contribution in [0.25, 0.3) is 0 Å². The molecule has 9 nitrogen and oxygen atoms in total. The molecule has 2 atom stereocenters. The fourth-order valence-corrected chi connectivity index (χ4v) is 5.70. The van der Waals surface area contributed by atoms with Gasteiger partial charge in [-0.1, -0.05) is 67.1 Å². The summed E-state index contributed by atoms with van der Waals surface area (Å²) in [4.78, 5) is 29.5. The molecule has 3 aromatic carbocycles. The minimum Gasteiger partial charge on any atom is -0.454 e. The number of rotatable bonds is 13. The maximum absolute atomic E-state index is 14.3. The van der Waals surface area contributed by atoms with Gasteiger partial charge < -0.3 is 19.7 Å². The number of amides is 2. The molecule has 1 aliphatic heterocycles. The molecule has 0 fully saturated rings. The van der Waals surface area contributed by atoms with Gasteiger partial charge in [0.2, 0.25) is 28.6 Å². The Morgan fingerprint density at radius 3 is 2.29 bits per heavy atom. The molecule has 2 amide bonds. The maximum atomic E-state index is 14.3. The Kier molecular flexibility index (Phi) is 10.1. The lowest BCUT2D eigenvalue weighted by Crippen LogP contribution is -2.54. The SMILES string of the molecule is CC[C@H](C)NC(=O)[C@@H](Cc1ccccc1)N(Cc1ccc(C)cc1)C(=O)CN(c1ccc2c(c1)OCO2)S(=O)(=O)CC. The van der Waals surface area contributed by atoms with Crippen LogP contribution < -0.4 is 19.1 Å². The van der Waals surface area contributed by atoms with E-state index < -0.39 is 28.5 Å². The summed E-state index contributed by atoms with van der Waals surface area (Å²) < 4.78 is 38.6. The summed E-state index contributed by atoms with van der Waals surface area (Å²) in [5, 5.41) is 3.04. The lowest BCUT2D eigenvalue weighted by Gasteiger charge is -2.34. The molecule has 224 valence electrons. The van der Waals surface area contributed by atoms with Crippen LogP contribution in [0.15, 0.2) is 72.8 Å². The lowest BCUT2D eigenvalue weighted by molar-refractivity contribution is -0.140. The predicted molar refractivity (Wildman–Crippen MR) is 163 cm³/mol. The van der Waals surface area contributed by atoms with Crippen LogP contribution in [-0.4, -0.2) is 56.3 Å². The highest BCUT2D eigenvalue weighted by Crippen LogP contribution is 2.36. The second-order valence-electron chi connectivity index (χ2n) is 10.5. The van der Waals surface area contributed by atoms with Crippen LogP contribution in [0, 0.1) is 6.92 Å². The Balaban J connectivity index is 1.74. The van der Waals surface area contributed by atoms with Gasteiger partial charge in [-0.15, -0.1) is 0 Å². The van der Waals surface area contributed by atoms with Gasteiger partial charge in [-0.2, -0.15) is 0 Å². The lowest BCUT2D eigenvalue weighted by atomic mass is 10.0. The summed E-state index contributed by atoms with van der Waals surface area (Å²) in [5.41, 5.74) is 3.07. The molecule has 0 saturated carbocycles. The van der Waals surface area contributed by atoms with Crippen molar-refractivity contribution in [2.75, 3.05) is 23.4 Å². The zero-order valence-electron chi connectivity index (χ0n) is 24.6. The second kappa shape index (κ2) is 13.7. The van der Waals surface area contributed by atoms with Crippen molar-refractivity contribution in [3.05, 3.63) is 89.5 Å². The van der Waals surface area contributed by atoms with Gasteiger partial charge in [-0.25, -0.2) is 8.42 Å². The Bertz CT molecular complexity index is 1480. The third-order valence-electron chi connectivity index (χ3n) is 7.37. The molecule has 0 saturated heterocycles. The standard InChI is InChI=1S/C32H39N3O6S/c1-5-24(4)33-32(37)28(18-25-10-8-7-9-11-25)34(20-26-14-12-23(3)13-15-26)31(36)21-35(42(38,39)6-2)27-16-17-29-30(19-27)41-22-40-29/h7-17,19,24,28H,5-6,18,20-22H2,1-4H3,(H,33,37)/t24-,28+/m0/s1. The molecular weight excluding hydrogens is 554 g/mol. The van der Waals surface area contributed by atoms with E-state index in [9.17, 15) is 18.0 Å². The topological polar surface area (TPSA) is 105 Å². The molecular formula is C32H39N3O6S. The van der Waals surface area contributed by atoms with Crippen molar-refractivity contribution in [1.82, 2.24) is 10.2 Å². The van der Waals surface area contributed by atoms with E-state index in [1.54, 1.807) is 18.2 Å². The monoisotopic (exact) mass is 593 g/mol. The molecule has 42 heavy (non-hydrogen) atoms. The van der Waals surface area contributed by atoms with Crippen molar-refractivity contribution in [3.63, 3.8) is 0 Å². The number of hydrogen-bond donors (Lipinski definition) is 1. The van der Waals surface area contributed by atoms with Gasteiger partial charge in [0.05, 0.1) is 11.4 Å². The molecule has 0 bridgehead atoms. The highest BCUT2D eigenvalue weighted by Gasteiger charge is 2.34. The minimum absolute atomic E-state index is 0.0367. The number of hydrogen-bond acceptors (Lipinski definition) is 6. The van der Waals surface area contributed by atoms with Crippen molar-refractivity contribution in [2.24, 2.45) is 0 Å². The van der Waals surface area contributed by atoms with Gasteiger partial charge in [-0.3, -0.25) is 13.9 Å². The molecule has 0 radical (unpaired) electrons.